The van der Waals surface area contributed by atoms with Crippen LogP contribution in [0.3, 0.4) is 0 Å². The Hall–Kier alpha value is -2.57. The van der Waals surface area contributed by atoms with Crippen LogP contribution < -0.4 is 5.32 Å². The fourth-order valence-electron chi connectivity index (χ4n) is 2.54. The molecule has 0 aliphatic heterocycles. The molecule has 1 N–H and O–H groups in total. The Kier molecular flexibility index (Phi) is 4.29. The van der Waals surface area contributed by atoms with Gasteiger partial charge in [-0.05, 0) is 42.7 Å². The first kappa shape index (κ1) is 15.9. The van der Waals surface area contributed by atoms with E-state index in [9.17, 15) is 4.79 Å². The molecule has 0 aliphatic rings. The summed E-state index contributed by atoms with van der Waals surface area (Å²) in [6.45, 7) is 0. The van der Waals surface area contributed by atoms with Crippen molar-refractivity contribution in [2.45, 2.75) is 4.90 Å². The summed E-state index contributed by atoms with van der Waals surface area (Å²) in [5.41, 5.74) is 3.37. The summed E-state index contributed by atoms with van der Waals surface area (Å²) in [6.07, 6.45) is 6.01. The van der Waals surface area contributed by atoms with Gasteiger partial charge in [0.2, 0.25) is 0 Å². The number of thiazole rings is 1. The van der Waals surface area contributed by atoms with Gasteiger partial charge in [0, 0.05) is 39.5 Å². The topological polar surface area (TPSA) is 46.4 Å². The number of nitrogens with zero attached hydrogens (tertiary/aromatic N) is 2. The van der Waals surface area contributed by atoms with Gasteiger partial charge in [-0.15, -0.1) is 23.1 Å². The van der Waals surface area contributed by atoms with Crippen molar-refractivity contribution in [3.8, 4) is 11.3 Å². The summed E-state index contributed by atoms with van der Waals surface area (Å²) in [5, 5.41) is 4.94. The van der Waals surface area contributed by atoms with Gasteiger partial charge in [-0.1, -0.05) is 12.1 Å². The van der Waals surface area contributed by atoms with E-state index in [-0.39, 0.29) is 5.91 Å². The molecule has 0 bridgehead atoms. The van der Waals surface area contributed by atoms with Crippen LogP contribution in [0.2, 0.25) is 0 Å². The van der Waals surface area contributed by atoms with E-state index in [1.807, 2.05) is 77.0 Å². The molecule has 0 saturated heterocycles. The minimum atomic E-state index is -0.108. The highest BCUT2D eigenvalue weighted by Gasteiger charge is 2.08. The standard InChI is InChI=1S/C19H15N3OS2/c1-24-16-8-4-14(5-9-16)18(23)20-15-6-2-13(3-7-15)17-12-22-10-11-25-19(22)21-17/h2-12H,1H3,(H,20,23). The zero-order valence-electron chi connectivity index (χ0n) is 13.5. The lowest BCUT2D eigenvalue weighted by molar-refractivity contribution is 0.102. The number of carbonyl (C=O) groups excluding carboxylic acids is 1. The second kappa shape index (κ2) is 6.74. The van der Waals surface area contributed by atoms with Gasteiger partial charge in [0.15, 0.2) is 4.96 Å². The van der Waals surface area contributed by atoms with Gasteiger partial charge in [0.05, 0.1) is 5.69 Å². The van der Waals surface area contributed by atoms with Crippen LogP contribution in [-0.4, -0.2) is 21.5 Å². The Morgan fingerprint density at radius 3 is 2.56 bits per heavy atom. The molecule has 0 fully saturated rings. The van der Waals surface area contributed by atoms with Crippen molar-refractivity contribution in [1.82, 2.24) is 9.38 Å². The summed E-state index contributed by atoms with van der Waals surface area (Å²) in [5.74, 6) is -0.108. The van der Waals surface area contributed by atoms with E-state index in [2.05, 4.69) is 10.3 Å². The molecule has 2 heterocycles. The van der Waals surface area contributed by atoms with Crippen LogP contribution in [0.15, 0.2) is 71.2 Å². The maximum absolute atomic E-state index is 12.3. The highest BCUT2D eigenvalue weighted by Crippen LogP contribution is 2.23. The third-order valence-corrected chi connectivity index (χ3v) is 5.40. The number of nitrogens with one attached hydrogen (secondary N) is 1. The van der Waals surface area contributed by atoms with Gasteiger partial charge in [-0.3, -0.25) is 9.20 Å². The smallest absolute Gasteiger partial charge is 0.255 e. The van der Waals surface area contributed by atoms with E-state index in [1.165, 1.54) is 0 Å². The van der Waals surface area contributed by atoms with Gasteiger partial charge >= 0.3 is 0 Å². The molecule has 6 heteroatoms. The summed E-state index contributed by atoms with van der Waals surface area (Å²) in [4.78, 5) is 19.0. The zero-order chi connectivity index (χ0) is 17.2. The highest BCUT2D eigenvalue weighted by molar-refractivity contribution is 7.98. The van der Waals surface area contributed by atoms with Crippen molar-refractivity contribution in [3.05, 3.63) is 71.9 Å². The summed E-state index contributed by atoms with van der Waals surface area (Å²) < 4.78 is 2.01. The fourth-order valence-corrected chi connectivity index (χ4v) is 3.64. The van der Waals surface area contributed by atoms with E-state index in [1.54, 1.807) is 23.1 Å². The first-order valence-corrected chi connectivity index (χ1v) is 9.81. The molecule has 4 rings (SSSR count). The van der Waals surface area contributed by atoms with Crippen LogP contribution in [0.1, 0.15) is 10.4 Å². The van der Waals surface area contributed by atoms with E-state index in [0.29, 0.717) is 5.56 Å². The Labute approximate surface area is 153 Å². The summed E-state index contributed by atoms with van der Waals surface area (Å²) in [7, 11) is 0. The normalized spacial score (nSPS) is 10.9. The van der Waals surface area contributed by atoms with Gasteiger partial charge in [0.1, 0.15) is 0 Å². The fraction of sp³-hybridized carbons (Fsp3) is 0.0526. The molecule has 2 aromatic carbocycles. The second-order valence-corrected chi connectivity index (χ2v) is 7.23. The van der Waals surface area contributed by atoms with E-state index in [0.717, 1.165) is 26.8 Å². The number of imidazole rings is 1. The molecule has 124 valence electrons. The van der Waals surface area contributed by atoms with Crippen LogP contribution in [0, 0.1) is 0 Å². The van der Waals surface area contributed by atoms with Crippen LogP contribution in [-0.2, 0) is 0 Å². The number of aromatic nitrogens is 2. The predicted molar refractivity (Wildman–Crippen MR) is 105 cm³/mol. The Morgan fingerprint density at radius 2 is 1.88 bits per heavy atom. The van der Waals surface area contributed by atoms with Crippen LogP contribution >= 0.6 is 23.1 Å². The molecule has 2 aromatic heterocycles. The summed E-state index contributed by atoms with van der Waals surface area (Å²) in [6, 6.07) is 15.3. The molecule has 0 aliphatic carbocycles. The number of thioether (sulfide) groups is 1. The average Bonchev–Trinajstić information content (AvgIpc) is 3.24. The number of fused-ring (bicyclic) bond motifs is 1. The summed E-state index contributed by atoms with van der Waals surface area (Å²) >= 11 is 3.26. The number of amides is 1. The van der Waals surface area contributed by atoms with Gasteiger partial charge in [-0.25, -0.2) is 4.98 Å². The number of hydrogen-bond acceptors (Lipinski definition) is 4. The van der Waals surface area contributed by atoms with Crippen molar-refractivity contribution in [2.75, 3.05) is 11.6 Å². The average molecular weight is 365 g/mol. The van der Waals surface area contributed by atoms with Crippen molar-refractivity contribution in [3.63, 3.8) is 0 Å². The lowest BCUT2D eigenvalue weighted by Gasteiger charge is -2.06. The van der Waals surface area contributed by atoms with Crippen LogP contribution in [0.4, 0.5) is 5.69 Å². The monoisotopic (exact) mass is 365 g/mol. The van der Waals surface area contributed by atoms with Gasteiger partial charge in [-0.2, -0.15) is 0 Å². The quantitative estimate of drug-likeness (QED) is 0.516. The van der Waals surface area contributed by atoms with Crippen molar-refractivity contribution in [2.24, 2.45) is 0 Å². The Morgan fingerprint density at radius 1 is 1.12 bits per heavy atom. The largest absolute Gasteiger partial charge is 0.322 e. The minimum absolute atomic E-state index is 0.108. The van der Waals surface area contributed by atoms with E-state index < -0.39 is 0 Å². The molecule has 0 unspecified atom stereocenters. The number of hydrogen-bond donors (Lipinski definition) is 1. The SMILES string of the molecule is CSc1ccc(C(=O)Nc2ccc(-c3cn4ccsc4n3)cc2)cc1. The zero-order valence-corrected chi connectivity index (χ0v) is 15.1. The molecule has 4 nitrogen and oxygen atoms in total. The van der Waals surface area contributed by atoms with E-state index >= 15 is 0 Å². The molecule has 1 amide bonds. The van der Waals surface area contributed by atoms with Gasteiger partial charge < -0.3 is 5.32 Å². The van der Waals surface area contributed by atoms with Crippen LogP contribution in [0.5, 0.6) is 0 Å². The van der Waals surface area contributed by atoms with Crippen molar-refractivity contribution < 1.29 is 4.79 Å². The van der Waals surface area contributed by atoms with Crippen LogP contribution in [0.25, 0.3) is 16.2 Å². The number of benzene rings is 2. The number of carbonyl (C=O) groups is 1. The first-order valence-electron chi connectivity index (χ1n) is 7.71. The first-order chi connectivity index (χ1) is 12.2. The van der Waals surface area contributed by atoms with E-state index in [4.69, 9.17) is 0 Å². The third kappa shape index (κ3) is 3.31. The molecular formula is C19H15N3OS2. The maximum atomic E-state index is 12.3. The molecule has 0 atom stereocenters. The lowest BCUT2D eigenvalue weighted by Crippen LogP contribution is -2.11. The maximum Gasteiger partial charge on any atom is 0.255 e. The minimum Gasteiger partial charge on any atom is -0.322 e. The number of anilines is 1. The van der Waals surface area contributed by atoms with Crippen molar-refractivity contribution in [1.29, 1.82) is 0 Å². The lowest BCUT2D eigenvalue weighted by atomic mass is 10.1. The predicted octanol–water partition coefficient (Wildman–Crippen LogP) is 5.04. The third-order valence-electron chi connectivity index (χ3n) is 3.88. The Balaban J connectivity index is 1.49. The Bertz CT molecular complexity index is 988. The van der Waals surface area contributed by atoms with Crippen molar-refractivity contribution >= 4 is 39.7 Å². The molecular weight excluding hydrogens is 350 g/mol. The second-order valence-electron chi connectivity index (χ2n) is 5.48. The number of rotatable bonds is 4. The molecule has 0 saturated carbocycles. The molecule has 25 heavy (non-hydrogen) atoms. The van der Waals surface area contributed by atoms with Gasteiger partial charge in [0.25, 0.3) is 5.91 Å². The molecule has 0 spiro atoms. The highest BCUT2D eigenvalue weighted by atomic mass is 32.2. The molecule has 4 aromatic rings. The molecule has 0 radical (unpaired) electrons.